The number of carboxylic acid groups (broad SMARTS) is 3. The smallest absolute Gasteiger partial charge is 0.328 e. The fourth-order valence-electron chi connectivity index (χ4n) is 0.143. The molecule has 0 bridgehead atoms. The zero-order valence-corrected chi connectivity index (χ0v) is 12.1. The third kappa shape index (κ3) is 63.2. The van der Waals surface area contributed by atoms with E-state index in [2.05, 4.69) is 6.58 Å². The maximum absolute atomic E-state index is 9.60. The van der Waals surface area contributed by atoms with Crippen LogP contribution in [0.1, 0.15) is 6.92 Å². The van der Waals surface area contributed by atoms with Crippen LogP contribution in [-0.2, 0) is 18.1 Å². The summed E-state index contributed by atoms with van der Waals surface area (Å²) in [4.78, 5) is 28.7. The molecule has 0 saturated heterocycles. The summed E-state index contributed by atoms with van der Waals surface area (Å²) in [6.07, 6.45) is 1.12. The summed E-state index contributed by atoms with van der Waals surface area (Å²) in [6, 6.07) is 0. The van der Waals surface area contributed by atoms with Crippen LogP contribution in [0.25, 0.3) is 0 Å². The first kappa shape index (κ1) is 22.4. The van der Waals surface area contributed by atoms with Crippen LogP contribution in [0.2, 0.25) is 5.71 Å². The Kier molecular flexibility index (Phi) is 13.3. The Morgan fingerprint density at radius 3 is 1.21 bits per heavy atom. The van der Waals surface area contributed by atoms with Gasteiger partial charge in [0.25, 0.3) is 0 Å². The minimum absolute atomic E-state index is 0.176. The van der Waals surface area contributed by atoms with Gasteiger partial charge in [0, 0.05) is 17.7 Å². The van der Waals surface area contributed by atoms with Crippen LogP contribution in [0.15, 0.2) is 24.3 Å². The van der Waals surface area contributed by atoms with Crippen LogP contribution in [0.3, 0.4) is 0 Å². The second kappa shape index (κ2) is 11.3. The maximum atomic E-state index is 9.60. The first-order valence-corrected chi connectivity index (χ1v) is 8.65. The summed E-state index contributed by atoms with van der Waals surface area (Å²) in [5.41, 5.74) is 1.09. The van der Waals surface area contributed by atoms with E-state index in [4.69, 9.17) is 23.5 Å². The molecule has 9 nitrogen and oxygen atoms in total. The minimum atomic E-state index is -4.12. The SMILES string of the molecule is C=C(C)C(=O)O.C[As](=O)(O)O.O=C(O)/C=C\C(=O)O. The molecule has 0 saturated carbocycles. The van der Waals surface area contributed by atoms with E-state index in [0.717, 1.165) is 5.71 Å². The molecule has 0 aromatic carbocycles. The Morgan fingerprint density at radius 1 is 1.00 bits per heavy atom. The van der Waals surface area contributed by atoms with E-state index in [1.54, 1.807) is 0 Å². The van der Waals surface area contributed by atoms with Gasteiger partial charge in [-0.05, 0) is 6.92 Å². The number of hydrogen-bond acceptors (Lipinski definition) is 4. The molecule has 0 atom stereocenters. The van der Waals surface area contributed by atoms with Crippen molar-refractivity contribution in [1.82, 2.24) is 0 Å². The summed E-state index contributed by atoms with van der Waals surface area (Å²) in [6.45, 7) is 4.60. The molecule has 0 unspecified atom stereocenters. The van der Waals surface area contributed by atoms with Crippen LogP contribution >= 0.6 is 0 Å². The summed E-state index contributed by atoms with van der Waals surface area (Å²) in [5, 5.41) is 23.5. The molecule has 110 valence electrons. The Labute approximate surface area is 111 Å². The van der Waals surface area contributed by atoms with Gasteiger partial charge in [-0.1, -0.05) is 6.58 Å². The molecule has 19 heavy (non-hydrogen) atoms. The van der Waals surface area contributed by atoms with E-state index < -0.39 is 32.1 Å². The first-order chi connectivity index (χ1) is 8.27. The van der Waals surface area contributed by atoms with E-state index >= 15 is 0 Å². The minimum Gasteiger partial charge on any atom is -0.478 e. The molecule has 0 aromatic rings. The van der Waals surface area contributed by atoms with E-state index in [0.29, 0.717) is 12.2 Å². The molecule has 0 amide bonds. The third-order valence-corrected chi connectivity index (χ3v) is 0.734. The summed E-state index contributed by atoms with van der Waals surface area (Å²) >= 11 is -4.12. The van der Waals surface area contributed by atoms with Gasteiger partial charge in [-0.15, -0.1) is 0 Å². The van der Waals surface area contributed by atoms with Gasteiger partial charge in [0.05, 0.1) is 0 Å². The predicted octanol–water partition coefficient (Wildman–Crippen LogP) is -0.671. The van der Waals surface area contributed by atoms with Crippen molar-refractivity contribution in [2.45, 2.75) is 12.6 Å². The fourth-order valence-corrected chi connectivity index (χ4v) is 0.143. The van der Waals surface area contributed by atoms with Gasteiger partial charge in [0.2, 0.25) is 0 Å². The predicted molar refractivity (Wildman–Crippen MR) is 63.6 cm³/mol. The Balaban J connectivity index is -0.000000209. The van der Waals surface area contributed by atoms with E-state index in [1.807, 2.05) is 0 Å². The summed E-state index contributed by atoms with van der Waals surface area (Å²) < 4.78 is 24.8. The summed E-state index contributed by atoms with van der Waals surface area (Å²) in [5.74, 6) is -3.45. The van der Waals surface area contributed by atoms with Gasteiger partial charge in [0.1, 0.15) is 0 Å². The monoisotopic (exact) mass is 342 g/mol. The fraction of sp³-hybridized carbons (Fsp3) is 0.222. The summed E-state index contributed by atoms with van der Waals surface area (Å²) in [7, 11) is 0. The first-order valence-electron chi connectivity index (χ1n) is 4.33. The number of hydrogen-bond donors (Lipinski definition) is 5. The largest absolute Gasteiger partial charge is 0.478 e. The van der Waals surface area contributed by atoms with Crippen molar-refractivity contribution >= 4 is 32.1 Å². The molecule has 0 radical (unpaired) electrons. The van der Waals surface area contributed by atoms with Crippen LogP contribution < -0.4 is 0 Å². The number of rotatable bonds is 3. The van der Waals surface area contributed by atoms with Gasteiger partial charge < -0.3 is 15.3 Å². The number of carboxylic acids is 3. The van der Waals surface area contributed by atoms with Crippen molar-refractivity contribution in [3.63, 3.8) is 0 Å². The standard InChI is InChI=1S/C4H4O4.C4H6O2.CH5AsO3/c5-3(6)1-2-4(7)8;1-3(2)4(5)6;1-2(3,4)5/h1-2H,(H,5,6)(H,7,8);1H2,2H3,(H,5,6);1H3,(H2,3,4,5)/b2-1-;;. The van der Waals surface area contributed by atoms with Gasteiger partial charge >= 0.3 is 49.7 Å². The van der Waals surface area contributed by atoms with Crippen LogP contribution in [0.5, 0.6) is 0 Å². The van der Waals surface area contributed by atoms with Crippen molar-refractivity contribution in [3.8, 4) is 0 Å². The molecule has 0 aliphatic carbocycles. The zero-order valence-electron chi connectivity index (χ0n) is 10.2. The average molecular weight is 342 g/mol. The third-order valence-electron chi connectivity index (χ3n) is 0.734. The van der Waals surface area contributed by atoms with Crippen molar-refractivity contribution in [2.75, 3.05) is 0 Å². The Hall–Kier alpha value is -1.83. The molecule has 0 aromatic heterocycles. The van der Waals surface area contributed by atoms with E-state index in [1.165, 1.54) is 6.92 Å². The molecular weight excluding hydrogens is 327 g/mol. The Morgan fingerprint density at radius 2 is 1.16 bits per heavy atom. The quantitative estimate of drug-likeness (QED) is 0.330. The van der Waals surface area contributed by atoms with Gasteiger partial charge in [0.15, 0.2) is 0 Å². The molecule has 0 aliphatic heterocycles. The molecular formula is C9H15AsO9. The van der Waals surface area contributed by atoms with E-state index in [-0.39, 0.29) is 5.57 Å². The Bertz CT molecular complexity index is 368. The molecule has 0 fully saturated rings. The maximum Gasteiger partial charge on any atom is 0.328 e. The van der Waals surface area contributed by atoms with Gasteiger partial charge in [-0.25, -0.2) is 14.4 Å². The van der Waals surface area contributed by atoms with Gasteiger partial charge in [-0.3, -0.25) is 0 Å². The normalized spacial score (nSPS) is 9.47. The zero-order chi connectivity index (χ0) is 16.2. The number of carbonyl (C=O) groups is 3. The van der Waals surface area contributed by atoms with Crippen molar-refractivity contribution < 1.29 is 41.6 Å². The second-order valence-corrected chi connectivity index (χ2v) is 6.44. The van der Waals surface area contributed by atoms with Crippen LogP contribution in [-0.4, -0.2) is 55.6 Å². The molecule has 0 rings (SSSR count). The van der Waals surface area contributed by atoms with Crippen molar-refractivity contribution in [3.05, 3.63) is 24.3 Å². The molecule has 0 heterocycles. The molecule has 0 spiro atoms. The number of aliphatic carboxylic acids is 3. The molecule has 5 N–H and O–H groups in total. The topological polar surface area (TPSA) is 169 Å². The van der Waals surface area contributed by atoms with Crippen LogP contribution in [0.4, 0.5) is 0 Å². The van der Waals surface area contributed by atoms with Crippen molar-refractivity contribution in [2.24, 2.45) is 0 Å². The van der Waals surface area contributed by atoms with E-state index in [9.17, 15) is 18.1 Å². The van der Waals surface area contributed by atoms with Gasteiger partial charge in [-0.2, -0.15) is 0 Å². The average Bonchev–Trinajstić information content (AvgIpc) is 2.12. The molecule has 10 heteroatoms. The second-order valence-electron chi connectivity index (χ2n) is 2.93. The van der Waals surface area contributed by atoms with Crippen molar-refractivity contribution in [1.29, 1.82) is 0 Å². The molecule has 0 aliphatic rings. The van der Waals surface area contributed by atoms with Crippen LogP contribution in [0, 0.1) is 0 Å².